The van der Waals surface area contributed by atoms with E-state index in [1.54, 1.807) is 0 Å². The van der Waals surface area contributed by atoms with Crippen molar-refractivity contribution in [2.24, 2.45) is 11.8 Å². The van der Waals surface area contributed by atoms with E-state index in [-0.39, 0.29) is 17.5 Å². The van der Waals surface area contributed by atoms with Crippen LogP contribution in [0.4, 0.5) is 18.9 Å². The van der Waals surface area contributed by atoms with Crippen molar-refractivity contribution in [3.05, 3.63) is 29.8 Å². The van der Waals surface area contributed by atoms with Gasteiger partial charge in [-0.25, -0.2) is 0 Å². The minimum atomic E-state index is -4.42. The molecule has 0 saturated heterocycles. The molecule has 21 heavy (non-hydrogen) atoms. The number of hydrogen-bond donors (Lipinski definition) is 1. The molecule has 0 radical (unpaired) electrons. The topological polar surface area (TPSA) is 55.4 Å². The molecule has 0 spiro atoms. The van der Waals surface area contributed by atoms with E-state index in [0.717, 1.165) is 30.7 Å². The quantitative estimate of drug-likeness (QED) is 0.870. The zero-order valence-electron chi connectivity index (χ0n) is 11.2. The molecule has 1 aromatic rings. The molecule has 2 atom stereocenters. The summed E-state index contributed by atoms with van der Waals surface area (Å²) >= 11 is 0. The highest BCUT2D eigenvalue weighted by Gasteiger charge is 2.40. The molecule has 1 fully saturated rings. The third kappa shape index (κ3) is 4.21. The van der Waals surface area contributed by atoms with E-state index in [1.165, 1.54) is 0 Å². The van der Waals surface area contributed by atoms with E-state index in [9.17, 15) is 22.8 Å². The molecule has 1 aliphatic carbocycles. The second-order valence-corrected chi connectivity index (χ2v) is 5.05. The number of esters is 1. The zero-order chi connectivity index (χ0) is 15.6. The third-order valence-corrected chi connectivity index (χ3v) is 3.25. The fraction of sp³-hybridized carbons (Fsp3) is 0.429. The predicted molar refractivity (Wildman–Crippen MR) is 68.3 cm³/mol. The van der Waals surface area contributed by atoms with Crippen molar-refractivity contribution >= 4 is 17.6 Å². The Hall–Kier alpha value is -2.05. The molecule has 0 bridgehead atoms. The van der Waals surface area contributed by atoms with Crippen molar-refractivity contribution < 1.29 is 27.5 Å². The Kier molecular flexibility index (Phi) is 4.20. The predicted octanol–water partition coefficient (Wildman–Crippen LogP) is 2.84. The maximum absolute atomic E-state index is 12.4. The second kappa shape index (κ2) is 5.75. The Morgan fingerprint density at radius 2 is 1.86 bits per heavy atom. The number of rotatable bonds is 4. The minimum Gasteiger partial charge on any atom is -0.455 e. The lowest BCUT2D eigenvalue weighted by Gasteiger charge is -2.09. The van der Waals surface area contributed by atoms with Crippen LogP contribution in [-0.4, -0.2) is 18.5 Å². The van der Waals surface area contributed by atoms with Gasteiger partial charge in [-0.1, -0.05) is 6.92 Å². The van der Waals surface area contributed by atoms with Gasteiger partial charge in [-0.05, 0) is 36.6 Å². The molecule has 1 aromatic carbocycles. The number of amides is 1. The van der Waals surface area contributed by atoms with Gasteiger partial charge >= 0.3 is 12.1 Å². The Bertz CT molecular complexity index is 539. The first-order valence-electron chi connectivity index (χ1n) is 6.41. The number of halogens is 3. The van der Waals surface area contributed by atoms with E-state index < -0.39 is 30.2 Å². The Morgan fingerprint density at radius 1 is 1.29 bits per heavy atom. The van der Waals surface area contributed by atoms with Crippen molar-refractivity contribution in [1.29, 1.82) is 0 Å². The molecule has 1 amide bonds. The molecule has 2 rings (SSSR count). The fourth-order valence-corrected chi connectivity index (χ4v) is 1.83. The number of nitrogens with one attached hydrogen (secondary N) is 1. The van der Waals surface area contributed by atoms with E-state index in [4.69, 9.17) is 4.74 Å². The van der Waals surface area contributed by atoms with Crippen LogP contribution in [0.25, 0.3) is 0 Å². The molecule has 7 heteroatoms. The van der Waals surface area contributed by atoms with Crippen LogP contribution in [0.2, 0.25) is 0 Å². The number of carbonyl (C=O) groups is 2. The highest BCUT2D eigenvalue weighted by atomic mass is 19.4. The molecule has 4 nitrogen and oxygen atoms in total. The second-order valence-electron chi connectivity index (χ2n) is 5.05. The van der Waals surface area contributed by atoms with Crippen LogP contribution in [0.5, 0.6) is 0 Å². The van der Waals surface area contributed by atoms with Crippen molar-refractivity contribution in [1.82, 2.24) is 0 Å². The highest BCUT2D eigenvalue weighted by Crippen LogP contribution is 2.38. The zero-order valence-corrected chi connectivity index (χ0v) is 11.2. The summed E-state index contributed by atoms with van der Waals surface area (Å²) in [5, 5.41) is 2.36. The molecular weight excluding hydrogens is 287 g/mol. The van der Waals surface area contributed by atoms with Gasteiger partial charge < -0.3 is 10.1 Å². The molecular formula is C14H14F3NO3. The molecule has 1 aliphatic rings. The van der Waals surface area contributed by atoms with Crippen molar-refractivity contribution in [2.75, 3.05) is 11.9 Å². The summed E-state index contributed by atoms with van der Waals surface area (Å²) in [6, 6.07) is 4.03. The number of anilines is 1. The Balaban J connectivity index is 1.81. The standard InChI is InChI=1S/C14H14F3NO3/c1-8-6-11(8)13(20)21-7-12(19)18-10-4-2-9(3-5-10)14(15,16)17/h2-5,8,11H,6-7H2,1H3,(H,18,19). The third-order valence-electron chi connectivity index (χ3n) is 3.25. The van der Waals surface area contributed by atoms with Crippen molar-refractivity contribution in [2.45, 2.75) is 19.5 Å². The van der Waals surface area contributed by atoms with Gasteiger partial charge in [-0.2, -0.15) is 13.2 Å². The largest absolute Gasteiger partial charge is 0.455 e. The molecule has 0 aliphatic heterocycles. The first-order chi connectivity index (χ1) is 9.77. The van der Waals surface area contributed by atoms with Crippen LogP contribution in [0, 0.1) is 11.8 Å². The molecule has 2 unspecified atom stereocenters. The SMILES string of the molecule is CC1CC1C(=O)OCC(=O)Nc1ccc(C(F)(F)F)cc1. The lowest BCUT2D eigenvalue weighted by atomic mass is 10.2. The van der Waals surface area contributed by atoms with Gasteiger partial charge in [0.05, 0.1) is 11.5 Å². The Labute approximate surface area is 119 Å². The van der Waals surface area contributed by atoms with Crippen molar-refractivity contribution in [3.63, 3.8) is 0 Å². The van der Waals surface area contributed by atoms with Gasteiger partial charge in [0, 0.05) is 5.69 Å². The maximum atomic E-state index is 12.4. The number of hydrogen-bond acceptors (Lipinski definition) is 3. The van der Waals surface area contributed by atoms with Crippen molar-refractivity contribution in [3.8, 4) is 0 Å². The lowest BCUT2D eigenvalue weighted by Crippen LogP contribution is -2.21. The molecule has 0 aromatic heterocycles. The maximum Gasteiger partial charge on any atom is 0.416 e. The molecule has 1 N–H and O–H groups in total. The lowest BCUT2D eigenvalue weighted by molar-refractivity contribution is -0.148. The monoisotopic (exact) mass is 301 g/mol. The minimum absolute atomic E-state index is 0.135. The number of carbonyl (C=O) groups excluding carboxylic acids is 2. The smallest absolute Gasteiger partial charge is 0.416 e. The first kappa shape index (κ1) is 15.3. The highest BCUT2D eigenvalue weighted by molar-refractivity contribution is 5.93. The summed E-state index contributed by atoms with van der Waals surface area (Å²) in [4.78, 5) is 22.9. The van der Waals surface area contributed by atoms with Crippen LogP contribution in [-0.2, 0) is 20.5 Å². The van der Waals surface area contributed by atoms with Crippen LogP contribution in [0.1, 0.15) is 18.9 Å². The summed E-state index contributed by atoms with van der Waals surface area (Å²) < 4.78 is 41.9. The van der Waals surface area contributed by atoms with Gasteiger partial charge in [0.1, 0.15) is 0 Å². The van der Waals surface area contributed by atoms with E-state index >= 15 is 0 Å². The molecule has 0 heterocycles. The summed E-state index contributed by atoms with van der Waals surface area (Å²) in [7, 11) is 0. The van der Waals surface area contributed by atoms with E-state index in [0.29, 0.717) is 0 Å². The number of alkyl halides is 3. The number of benzene rings is 1. The summed E-state index contributed by atoms with van der Waals surface area (Å²) in [6.45, 7) is 1.47. The summed E-state index contributed by atoms with van der Waals surface area (Å²) in [6.07, 6.45) is -3.65. The molecule has 1 saturated carbocycles. The van der Waals surface area contributed by atoms with Gasteiger partial charge in [0.25, 0.3) is 5.91 Å². The molecule has 114 valence electrons. The van der Waals surface area contributed by atoms with Crippen LogP contribution in [0.15, 0.2) is 24.3 Å². The van der Waals surface area contributed by atoms with Gasteiger partial charge in [0.15, 0.2) is 6.61 Å². The van der Waals surface area contributed by atoms with Crippen LogP contribution >= 0.6 is 0 Å². The van der Waals surface area contributed by atoms with E-state index in [2.05, 4.69) is 5.32 Å². The van der Waals surface area contributed by atoms with Crippen LogP contribution < -0.4 is 5.32 Å². The van der Waals surface area contributed by atoms with Gasteiger partial charge in [0.2, 0.25) is 0 Å². The summed E-state index contributed by atoms with van der Waals surface area (Å²) in [5.74, 6) is -0.846. The normalized spacial score (nSPS) is 20.8. The van der Waals surface area contributed by atoms with Gasteiger partial charge in [-0.15, -0.1) is 0 Å². The van der Waals surface area contributed by atoms with Gasteiger partial charge in [-0.3, -0.25) is 9.59 Å². The average Bonchev–Trinajstić information content (AvgIpc) is 3.13. The number of ether oxygens (including phenoxy) is 1. The van der Waals surface area contributed by atoms with E-state index in [1.807, 2.05) is 6.92 Å². The first-order valence-corrected chi connectivity index (χ1v) is 6.41. The average molecular weight is 301 g/mol. The van der Waals surface area contributed by atoms with Crippen LogP contribution in [0.3, 0.4) is 0 Å². The summed E-state index contributed by atoms with van der Waals surface area (Å²) in [5.41, 5.74) is -0.585. The Morgan fingerprint density at radius 3 is 2.33 bits per heavy atom. The fourth-order valence-electron chi connectivity index (χ4n) is 1.83.